The van der Waals surface area contributed by atoms with E-state index in [1.54, 1.807) is 0 Å². The van der Waals surface area contributed by atoms with Gasteiger partial charge in [0.25, 0.3) is 0 Å². The van der Waals surface area contributed by atoms with Gasteiger partial charge in [0.15, 0.2) is 0 Å². The highest BCUT2D eigenvalue weighted by Gasteiger charge is 2.40. The Balaban J connectivity index is 2.94. The van der Waals surface area contributed by atoms with Gasteiger partial charge in [-0.25, -0.2) is 4.98 Å². The Labute approximate surface area is 119 Å². The van der Waals surface area contributed by atoms with E-state index in [0.717, 1.165) is 0 Å². The molecular weight excluding hydrogens is 349 g/mol. The standard InChI is InChI=1S/C10H5BBrClF3NO2/c12-7-4-2-1-3-5(13)8(4)17-9(10(14,15)16)6(7)11(18)19/h1-3,18-19H. The summed E-state index contributed by atoms with van der Waals surface area (Å²) in [6, 6.07) is 4.40. The number of para-hydroxylation sites is 1. The van der Waals surface area contributed by atoms with Crippen LogP contribution in [0.15, 0.2) is 22.7 Å². The molecule has 0 unspecified atom stereocenters. The van der Waals surface area contributed by atoms with Gasteiger partial charge in [-0.15, -0.1) is 0 Å². The summed E-state index contributed by atoms with van der Waals surface area (Å²) in [5, 5.41) is 18.6. The van der Waals surface area contributed by atoms with Crippen molar-refractivity contribution in [3.05, 3.63) is 33.4 Å². The van der Waals surface area contributed by atoms with Gasteiger partial charge in [-0.3, -0.25) is 0 Å². The van der Waals surface area contributed by atoms with Crippen LogP contribution in [0.2, 0.25) is 5.02 Å². The van der Waals surface area contributed by atoms with Gasteiger partial charge in [0, 0.05) is 15.3 Å². The third-order valence-electron chi connectivity index (χ3n) is 2.47. The van der Waals surface area contributed by atoms with Gasteiger partial charge in [-0.05, 0) is 6.07 Å². The quantitative estimate of drug-likeness (QED) is 0.773. The van der Waals surface area contributed by atoms with E-state index < -0.39 is 24.5 Å². The summed E-state index contributed by atoms with van der Waals surface area (Å²) in [5.74, 6) is 0. The molecule has 0 aliphatic rings. The zero-order valence-electron chi connectivity index (χ0n) is 9.04. The smallest absolute Gasteiger partial charge is 0.423 e. The lowest BCUT2D eigenvalue weighted by molar-refractivity contribution is -0.140. The highest BCUT2D eigenvalue weighted by atomic mass is 79.9. The van der Waals surface area contributed by atoms with E-state index >= 15 is 0 Å². The van der Waals surface area contributed by atoms with Crippen LogP contribution >= 0.6 is 27.5 Å². The largest absolute Gasteiger partial charge is 0.491 e. The number of nitrogens with zero attached hydrogens (tertiary/aromatic N) is 1. The summed E-state index contributed by atoms with van der Waals surface area (Å²) >= 11 is 8.75. The number of hydrogen-bond acceptors (Lipinski definition) is 3. The number of hydrogen-bond donors (Lipinski definition) is 2. The van der Waals surface area contributed by atoms with Crippen LogP contribution in [-0.2, 0) is 6.18 Å². The molecule has 2 aromatic rings. The molecule has 0 radical (unpaired) electrons. The van der Waals surface area contributed by atoms with Crippen LogP contribution in [0, 0.1) is 0 Å². The molecule has 3 nitrogen and oxygen atoms in total. The van der Waals surface area contributed by atoms with Crippen molar-refractivity contribution in [2.75, 3.05) is 0 Å². The lowest BCUT2D eigenvalue weighted by Crippen LogP contribution is -2.38. The van der Waals surface area contributed by atoms with E-state index in [2.05, 4.69) is 20.9 Å². The van der Waals surface area contributed by atoms with Crippen LogP contribution in [0.25, 0.3) is 10.9 Å². The summed E-state index contributed by atoms with van der Waals surface area (Å²) in [6.07, 6.45) is -4.82. The molecule has 1 aromatic carbocycles. The monoisotopic (exact) mass is 353 g/mol. The second-order valence-electron chi connectivity index (χ2n) is 3.70. The minimum atomic E-state index is -4.82. The van der Waals surface area contributed by atoms with Crippen LogP contribution in [0.3, 0.4) is 0 Å². The molecule has 0 atom stereocenters. The van der Waals surface area contributed by atoms with Crippen molar-refractivity contribution in [1.82, 2.24) is 4.98 Å². The Morgan fingerprint density at radius 3 is 2.42 bits per heavy atom. The highest BCUT2D eigenvalue weighted by molar-refractivity contribution is 9.10. The van der Waals surface area contributed by atoms with Crippen molar-refractivity contribution < 1.29 is 23.2 Å². The first-order valence-corrected chi connectivity index (χ1v) is 6.11. The first-order chi connectivity index (χ1) is 8.73. The summed E-state index contributed by atoms with van der Waals surface area (Å²) < 4.78 is 38.6. The first kappa shape index (κ1) is 14.6. The SMILES string of the molecule is OB(O)c1c(C(F)(F)F)nc2c(Cl)cccc2c1Br. The van der Waals surface area contributed by atoms with Gasteiger partial charge in [-0.2, -0.15) is 13.2 Å². The van der Waals surface area contributed by atoms with E-state index in [9.17, 15) is 13.2 Å². The maximum absolute atomic E-state index is 12.9. The molecule has 2 rings (SSSR count). The van der Waals surface area contributed by atoms with Crippen LogP contribution in [-0.4, -0.2) is 22.2 Å². The normalized spacial score (nSPS) is 11.9. The van der Waals surface area contributed by atoms with Crippen molar-refractivity contribution in [1.29, 1.82) is 0 Å². The number of fused-ring (bicyclic) bond motifs is 1. The van der Waals surface area contributed by atoms with Gasteiger partial charge in [0.1, 0.15) is 5.69 Å². The van der Waals surface area contributed by atoms with E-state index in [4.69, 9.17) is 21.6 Å². The summed E-state index contributed by atoms with van der Waals surface area (Å²) in [5.41, 5.74) is -2.18. The lowest BCUT2D eigenvalue weighted by atomic mass is 9.78. The molecule has 0 amide bonds. The molecule has 0 bridgehead atoms. The van der Waals surface area contributed by atoms with Crippen molar-refractivity contribution in [3.8, 4) is 0 Å². The molecule has 0 aliphatic carbocycles. The third-order valence-corrected chi connectivity index (χ3v) is 3.62. The van der Waals surface area contributed by atoms with E-state index in [1.807, 2.05) is 0 Å². The number of halogens is 5. The highest BCUT2D eigenvalue weighted by Crippen LogP contribution is 2.33. The topological polar surface area (TPSA) is 53.4 Å². The van der Waals surface area contributed by atoms with Crippen LogP contribution < -0.4 is 5.46 Å². The zero-order chi connectivity index (χ0) is 14.4. The molecule has 0 fully saturated rings. The fourth-order valence-electron chi connectivity index (χ4n) is 1.68. The molecule has 100 valence electrons. The molecule has 0 saturated carbocycles. The fraction of sp³-hybridized carbons (Fsp3) is 0.100. The summed E-state index contributed by atoms with van der Waals surface area (Å²) in [6.45, 7) is 0. The average molecular weight is 354 g/mol. The second-order valence-corrected chi connectivity index (χ2v) is 4.90. The van der Waals surface area contributed by atoms with Crippen molar-refractivity contribution >= 4 is 51.0 Å². The number of rotatable bonds is 1. The molecule has 0 spiro atoms. The maximum Gasteiger partial charge on any atom is 0.491 e. The predicted molar refractivity (Wildman–Crippen MR) is 69.3 cm³/mol. The molecule has 19 heavy (non-hydrogen) atoms. The minimum Gasteiger partial charge on any atom is -0.423 e. The minimum absolute atomic E-state index is 0.0441. The van der Waals surface area contributed by atoms with Gasteiger partial charge in [0.05, 0.1) is 10.5 Å². The Bertz CT molecular complexity index is 651. The maximum atomic E-state index is 12.9. The average Bonchev–Trinajstić information content (AvgIpc) is 2.28. The number of aromatic nitrogens is 1. The summed E-state index contributed by atoms with van der Waals surface area (Å²) in [7, 11) is -2.30. The predicted octanol–water partition coefficient (Wildman–Crippen LogP) is 2.35. The lowest BCUT2D eigenvalue weighted by Gasteiger charge is -2.15. The Kier molecular flexibility index (Phi) is 3.79. The van der Waals surface area contributed by atoms with E-state index in [1.165, 1.54) is 18.2 Å². The molecular formula is C10H5BBrClF3NO2. The summed E-state index contributed by atoms with van der Waals surface area (Å²) in [4.78, 5) is 3.42. The van der Waals surface area contributed by atoms with Gasteiger partial charge in [0.2, 0.25) is 0 Å². The zero-order valence-corrected chi connectivity index (χ0v) is 11.4. The Morgan fingerprint density at radius 1 is 1.26 bits per heavy atom. The number of alkyl halides is 3. The van der Waals surface area contributed by atoms with Crippen molar-refractivity contribution in [3.63, 3.8) is 0 Å². The van der Waals surface area contributed by atoms with Crippen LogP contribution in [0.5, 0.6) is 0 Å². The molecule has 1 aromatic heterocycles. The fourth-order valence-corrected chi connectivity index (χ4v) is 2.61. The van der Waals surface area contributed by atoms with E-state index in [0.29, 0.717) is 0 Å². The van der Waals surface area contributed by atoms with Crippen molar-refractivity contribution in [2.24, 2.45) is 0 Å². The van der Waals surface area contributed by atoms with Gasteiger partial charge >= 0.3 is 13.3 Å². The second kappa shape index (κ2) is 4.94. The number of benzene rings is 1. The molecule has 0 saturated heterocycles. The van der Waals surface area contributed by atoms with Crippen LogP contribution in [0.4, 0.5) is 13.2 Å². The van der Waals surface area contributed by atoms with Crippen LogP contribution in [0.1, 0.15) is 5.69 Å². The third kappa shape index (κ3) is 2.58. The molecule has 0 aliphatic heterocycles. The number of pyridine rings is 1. The van der Waals surface area contributed by atoms with E-state index in [-0.39, 0.29) is 20.4 Å². The van der Waals surface area contributed by atoms with Gasteiger partial charge < -0.3 is 10.0 Å². The Morgan fingerprint density at radius 2 is 1.89 bits per heavy atom. The molecule has 1 heterocycles. The molecule has 9 heteroatoms. The Hall–Kier alpha value is -0.825. The van der Waals surface area contributed by atoms with Crippen molar-refractivity contribution in [2.45, 2.75) is 6.18 Å². The molecule has 2 N–H and O–H groups in total. The first-order valence-electron chi connectivity index (χ1n) is 4.94. The van der Waals surface area contributed by atoms with Gasteiger partial charge in [-0.1, -0.05) is 39.7 Å².